The monoisotopic (exact) mass is 331 g/mol. The molecule has 102 valence electrons. The Bertz CT molecular complexity index is 641. The molecule has 5 nitrogen and oxygen atoms in total. The number of benzene rings is 1. The normalized spacial score (nSPS) is 12.4. The lowest BCUT2D eigenvalue weighted by Gasteiger charge is -2.09. The van der Waals surface area contributed by atoms with E-state index in [4.69, 9.17) is 23.2 Å². The van der Waals surface area contributed by atoms with Gasteiger partial charge >= 0.3 is 0 Å². The van der Waals surface area contributed by atoms with Crippen LogP contribution in [0.4, 0.5) is 5.69 Å². The highest BCUT2D eigenvalue weighted by molar-refractivity contribution is 7.93. The summed E-state index contributed by atoms with van der Waals surface area (Å²) in [5.41, 5.74) is -0.00755. The number of nitrogens with one attached hydrogen (secondary N) is 1. The van der Waals surface area contributed by atoms with Crippen LogP contribution in [0.1, 0.15) is 6.92 Å². The summed E-state index contributed by atoms with van der Waals surface area (Å²) in [5, 5.41) is -0.549. The van der Waals surface area contributed by atoms with E-state index in [0.717, 1.165) is 0 Å². The second-order valence-electron chi connectivity index (χ2n) is 3.37. The molecular weight excluding hydrogens is 321 g/mol. The molecule has 0 heterocycles. The zero-order valence-electron chi connectivity index (χ0n) is 9.35. The highest BCUT2D eigenvalue weighted by atomic mass is 35.5. The van der Waals surface area contributed by atoms with E-state index < -0.39 is 25.1 Å². The van der Waals surface area contributed by atoms with Crippen molar-refractivity contribution in [1.82, 2.24) is 0 Å². The summed E-state index contributed by atoms with van der Waals surface area (Å²) < 4.78 is 48.0. The zero-order valence-corrected chi connectivity index (χ0v) is 12.5. The molecule has 0 spiro atoms. The first kappa shape index (κ1) is 15.6. The van der Waals surface area contributed by atoms with E-state index in [0.29, 0.717) is 0 Å². The standard InChI is InChI=1S/C9H11Cl2NO4S2/c1-2-17(13,14)7-3-4-8(11)9(5-7)12-18(15,16)6-10/h3-5,12H,2,6H2,1H3. The lowest BCUT2D eigenvalue weighted by Crippen LogP contribution is -2.14. The highest BCUT2D eigenvalue weighted by Crippen LogP contribution is 2.26. The van der Waals surface area contributed by atoms with Gasteiger partial charge in [-0.25, -0.2) is 16.8 Å². The first-order chi connectivity index (χ1) is 8.22. The van der Waals surface area contributed by atoms with Crippen molar-refractivity contribution in [1.29, 1.82) is 0 Å². The topological polar surface area (TPSA) is 80.3 Å². The molecule has 0 unspecified atom stereocenters. The van der Waals surface area contributed by atoms with Gasteiger partial charge < -0.3 is 0 Å². The number of hydrogen-bond acceptors (Lipinski definition) is 4. The quantitative estimate of drug-likeness (QED) is 0.837. The molecule has 0 aromatic heterocycles. The van der Waals surface area contributed by atoms with Crippen LogP contribution in [0.5, 0.6) is 0 Å². The Labute approximate surface area is 116 Å². The minimum Gasteiger partial charge on any atom is -0.281 e. The third-order valence-corrected chi connectivity index (χ3v) is 5.83. The Balaban J connectivity index is 3.27. The van der Waals surface area contributed by atoms with Crippen LogP contribution in [0.3, 0.4) is 0 Å². The molecule has 0 radical (unpaired) electrons. The van der Waals surface area contributed by atoms with Crippen LogP contribution < -0.4 is 4.72 Å². The van der Waals surface area contributed by atoms with Gasteiger partial charge in [-0.15, -0.1) is 11.6 Å². The van der Waals surface area contributed by atoms with Crippen LogP contribution >= 0.6 is 23.2 Å². The van der Waals surface area contributed by atoms with E-state index in [2.05, 4.69) is 4.72 Å². The van der Waals surface area contributed by atoms with Crippen molar-refractivity contribution in [3.05, 3.63) is 23.2 Å². The van der Waals surface area contributed by atoms with Gasteiger partial charge in [0.15, 0.2) is 9.84 Å². The van der Waals surface area contributed by atoms with E-state index in [1.54, 1.807) is 0 Å². The fourth-order valence-electron chi connectivity index (χ4n) is 1.14. The number of alkyl halides is 1. The molecule has 9 heteroatoms. The molecule has 1 rings (SSSR count). The van der Waals surface area contributed by atoms with Gasteiger partial charge in [-0.05, 0) is 18.2 Å². The molecule has 0 atom stereocenters. The maximum Gasteiger partial charge on any atom is 0.246 e. The Morgan fingerprint density at radius 3 is 2.33 bits per heavy atom. The molecular formula is C9H11Cl2NO4S2. The van der Waals surface area contributed by atoms with Crippen LogP contribution in [-0.4, -0.2) is 27.8 Å². The van der Waals surface area contributed by atoms with Gasteiger partial charge in [-0.3, -0.25) is 4.72 Å². The number of anilines is 1. The summed E-state index contributed by atoms with van der Waals surface area (Å²) in [5.74, 6) is -0.0870. The fourth-order valence-corrected chi connectivity index (χ4v) is 2.99. The Morgan fingerprint density at radius 2 is 1.83 bits per heavy atom. The van der Waals surface area contributed by atoms with Crippen LogP contribution in [0.15, 0.2) is 23.1 Å². The van der Waals surface area contributed by atoms with E-state index >= 15 is 0 Å². The van der Waals surface area contributed by atoms with Gasteiger partial charge in [0.25, 0.3) is 0 Å². The van der Waals surface area contributed by atoms with Crippen molar-refractivity contribution in [2.24, 2.45) is 0 Å². The Morgan fingerprint density at radius 1 is 1.22 bits per heavy atom. The van der Waals surface area contributed by atoms with Gasteiger partial charge in [0.1, 0.15) is 5.21 Å². The SMILES string of the molecule is CCS(=O)(=O)c1ccc(Cl)c(NS(=O)(=O)CCl)c1. The van der Waals surface area contributed by atoms with Gasteiger partial charge in [-0.2, -0.15) is 0 Å². The number of sulfone groups is 1. The summed E-state index contributed by atoms with van der Waals surface area (Å²) in [7, 11) is -7.15. The maximum absolute atomic E-state index is 11.7. The van der Waals surface area contributed by atoms with Crippen molar-refractivity contribution in [3.63, 3.8) is 0 Å². The molecule has 0 saturated heterocycles. The second kappa shape index (κ2) is 5.64. The smallest absolute Gasteiger partial charge is 0.246 e. The highest BCUT2D eigenvalue weighted by Gasteiger charge is 2.16. The number of hydrogen-bond donors (Lipinski definition) is 1. The molecule has 0 aliphatic carbocycles. The van der Waals surface area contributed by atoms with Crippen LogP contribution in [0, 0.1) is 0 Å². The van der Waals surface area contributed by atoms with Crippen molar-refractivity contribution >= 4 is 48.7 Å². The van der Waals surface area contributed by atoms with Crippen molar-refractivity contribution in [3.8, 4) is 0 Å². The average Bonchev–Trinajstić information content (AvgIpc) is 2.31. The van der Waals surface area contributed by atoms with E-state index in [1.807, 2.05) is 0 Å². The average molecular weight is 332 g/mol. The predicted molar refractivity (Wildman–Crippen MR) is 72.4 cm³/mol. The molecule has 1 aromatic rings. The maximum atomic E-state index is 11.7. The molecule has 0 aliphatic rings. The van der Waals surface area contributed by atoms with E-state index in [-0.39, 0.29) is 21.4 Å². The molecule has 0 saturated carbocycles. The number of halogens is 2. The minimum absolute atomic E-state index is 0.00155. The number of sulfonamides is 1. The van der Waals surface area contributed by atoms with Gasteiger partial charge in [0.05, 0.1) is 21.4 Å². The van der Waals surface area contributed by atoms with Crippen LogP contribution in [0.2, 0.25) is 5.02 Å². The predicted octanol–water partition coefficient (Wildman–Crippen LogP) is 2.07. The molecule has 1 aromatic carbocycles. The van der Waals surface area contributed by atoms with Crippen LogP contribution in [0.25, 0.3) is 0 Å². The Kier molecular flexibility index (Phi) is 4.88. The molecule has 0 fully saturated rings. The lowest BCUT2D eigenvalue weighted by molar-refractivity contribution is 0.596. The molecule has 0 aliphatic heterocycles. The summed E-state index contributed by atoms with van der Waals surface area (Å²) in [6, 6.07) is 3.81. The first-order valence-corrected chi connectivity index (χ1v) is 9.02. The second-order valence-corrected chi connectivity index (χ2v) is 8.36. The van der Waals surface area contributed by atoms with E-state index in [9.17, 15) is 16.8 Å². The zero-order chi connectivity index (χ0) is 14.0. The number of rotatable bonds is 5. The third-order valence-electron chi connectivity index (χ3n) is 2.09. The summed E-state index contributed by atoms with van der Waals surface area (Å²) in [6.45, 7) is 1.49. The lowest BCUT2D eigenvalue weighted by atomic mass is 10.3. The summed E-state index contributed by atoms with van der Waals surface area (Å²) in [4.78, 5) is 0.00155. The van der Waals surface area contributed by atoms with Gasteiger partial charge in [0, 0.05) is 0 Å². The molecule has 1 N–H and O–H groups in total. The van der Waals surface area contributed by atoms with Gasteiger partial charge in [0.2, 0.25) is 10.0 Å². The minimum atomic E-state index is -3.73. The largest absolute Gasteiger partial charge is 0.281 e. The summed E-state index contributed by atoms with van der Waals surface area (Å²) in [6.07, 6.45) is 0. The molecule has 0 bridgehead atoms. The van der Waals surface area contributed by atoms with Crippen molar-refractivity contribution in [2.45, 2.75) is 11.8 Å². The van der Waals surface area contributed by atoms with Crippen molar-refractivity contribution < 1.29 is 16.8 Å². The molecule has 18 heavy (non-hydrogen) atoms. The molecule has 0 amide bonds. The van der Waals surface area contributed by atoms with Crippen molar-refractivity contribution in [2.75, 3.05) is 15.7 Å². The Hall–Kier alpha value is -0.500. The van der Waals surface area contributed by atoms with E-state index in [1.165, 1.54) is 25.1 Å². The summed E-state index contributed by atoms with van der Waals surface area (Å²) >= 11 is 11.0. The van der Waals surface area contributed by atoms with Crippen LogP contribution in [-0.2, 0) is 19.9 Å². The fraction of sp³-hybridized carbons (Fsp3) is 0.333. The van der Waals surface area contributed by atoms with Gasteiger partial charge in [-0.1, -0.05) is 18.5 Å². The third kappa shape index (κ3) is 3.74. The first-order valence-electron chi connectivity index (χ1n) is 4.80.